The zero-order valence-electron chi connectivity index (χ0n) is 13.9. The van der Waals surface area contributed by atoms with Crippen molar-refractivity contribution >= 4 is 11.7 Å². The predicted octanol–water partition coefficient (Wildman–Crippen LogP) is 3.77. The van der Waals surface area contributed by atoms with Crippen molar-refractivity contribution in [2.24, 2.45) is 11.8 Å². The lowest BCUT2D eigenvalue weighted by molar-refractivity contribution is 0.249. The summed E-state index contributed by atoms with van der Waals surface area (Å²) in [5.74, 6) is 1.04. The molecule has 0 saturated heterocycles. The van der Waals surface area contributed by atoms with Crippen molar-refractivity contribution in [3.05, 3.63) is 29.8 Å². The number of nitrogens with one attached hydrogen (secondary N) is 3. The van der Waals surface area contributed by atoms with Gasteiger partial charge in [-0.2, -0.15) is 0 Å². The Kier molecular flexibility index (Phi) is 7.23. The van der Waals surface area contributed by atoms with E-state index >= 15 is 0 Å². The van der Waals surface area contributed by atoms with Gasteiger partial charge in [-0.3, -0.25) is 0 Å². The summed E-state index contributed by atoms with van der Waals surface area (Å²) in [5.41, 5.74) is 2.04. The van der Waals surface area contributed by atoms with E-state index in [-0.39, 0.29) is 6.03 Å². The number of hydrogen-bond acceptors (Lipinski definition) is 2. The van der Waals surface area contributed by atoms with Crippen LogP contribution in [0.3, 0.4) is 0 Å². The monoisotopic (exact) mass is 291 g/mol. The molecule has 2 amide bonds. The summed E-state index contributed by atoms with van der Waals surface area (Å²) in [4.78, 5) is 11.8. The molecular weight excluding hydrogens is 262 g/mol. The summed E-state index contributed by atoms with van der Waals surface area (Å²) in [5, 5.41) is 9.14. The van der Waals surface area contributed by atoms with Crippen molar-refractivity contribution < 1.29 is 4.79 Å². The van der Waals surface area contributed by atoms with Crippen LogP contribution in [-0.4, -0.2) is 19.1 Å². The molecular formula is C17H29N3O. The maximum atomic E-state index is 11.8. The summed E-state index contributed by atoms with van der Waals surface area (Å²) in [6, 6.07) is 8.14. The highest BCUT2D eigenvalue weighted by atomic mass is 16.2. The van der Waals surface area contributed by atoms with Gasteiger partial charge >= 0.3 is 6.03 Å². The minimum absolute atomic E-state index is 0.144. The molecule has 1 rings (SSSR count). The van der Waals surface area contributed by atoms with E-state index in [0.717, 1.165) is 12.2 Å². The standard InChI is InChI=1S/C17H29N3O/c1-6-18-14(5)15-7-9-16(10-8-15)20-17(21)19-11-13(4)12(2)3/h7-10,12-14,18H,6,11H2,1-5H3,(H2,19,20,21). The van der Waals surface area contributed by atoms with Gasteiger partial charge in [-0.1, -0.05) is 39.8 Å². The highest BCUT2D eigenvalue weighted by molar-refractivity contribution is 5.89. The fourth-order valence-electron chi connectivity index (χ4n) is 1.94. The van der Waals surface area contributed by atoms with E-state index in [9.17, 15) is 4.79 Å². The number of amides is 2. The lowest BCUT2D eigenvalue weighted by atomic mass is 9.98. The molecule has 4 heteroatoms. The Morgan fingerprint density at radius 3 is 2.24 bits per heavy atom. The second-order valence-corrected chi connectivity index (χ2v) is 5.96. The zero-order chi connectivity index (χ0) is 15.8. The van der Waals surface area contributed by atoms with Crippen LogP contribution < -0.4 is 16.0 Å². The molecule has 0 radical (unpaired) electrons. The molecule has 0 spiro atoms. The maximum absolute atomic E-state index is 11.8. The number of urea groups is 1. The fraction of sp³-hybridized carbons (Fsp3) is 0.588. The van der Waals surface area contributed by atoms with Gasteiger partial charge in [0.05, 0.1) is 0 Å². The van der Waals surface area contributed by atoms with E-state index in [1.54, 1.807) is 0 Å². The molecule has 1 aromatic carbocycles. The topological polar surface area (TPSA) is 53.2 Å². The Morgan fingerprint density at radius 1 is 1.10 bits per heavy atom. The Bertz CT molecular complexity index is 428. The molecule has 0 aliphatic rings. The van der Waals surface area contributed by atoms with Crippen molar-refractivity contribution in [3.8, 4) is 0 Å². The second-order valence-electron chi connectivity index (χ2n) is 5.96. The number of benzene rings is 1. The molecule has 0 heterocycles. The molecule has 0 bridgehead atoms. The van der Waals surface area contributed by atoms with Gasteiger partial charge in [0.25, 0.3) is 0 Å². The van der Waals surface area contributed by atoms with Crippen LogP contribution in [0.25, 0.3) is 0 Å². The van der Waals surface area contributed by atoms with Crippen LogP contribution in [0.2, 0.25) is 0 Å². The normalized spacial score (nSPS) is 13.8. The quantitative estimate of drug-likeness (QED) is 0.716. The van der Waals surface area contributed by atoms with Gasteiger partial charge in [-0.25, -0.2) is 4.79 Å². The van der Waals surface area contributed by atoms with Crippen LogP contribution in [0.5, 0.6) is 0 Å². The SMILES string of the molecule is CCNC(C)c1ccc(NC(=O)NCC(C)C(C)C)cc1. The van der Waals surface area contributed by atoms with E-state index in [1.807, 2.05) is 24.3 Å². The second kappa shape index (κ2) is 8.67. The van der Waals surface area contributed by atoms with Crippen LogP contribution in [-0.2, 0) is 0 Å². The van der Waals surface area contributed by atoms with Crippen molar-refractivity contribution in [2.75, 3.05) is 18.4 Å². The number of anilines is 1. The third kappa shape index (κ3) is 6.17. The minimum atomic E-state index is -0.144. The number of hydrogen-bond donors (Lipinski definition) is 3. The van der Waals surface area contributed by atoms with Gasteiger partial charge in [0.1, 0.15) is 0 Å². The van der Waals surface area contributed by atoms with Gasteiger partial charge < -0.3 is 16.0 Å². The van der Waals surface area contributed by atoms with Crippen molar-refractivity contribution in [1.29, 1.82) is 0 Å². The third-order valence-electron chi connectivity index (χ3n) is 3.90. The van der Waals surface area contributed by atoms with Crippen molar-refractivity contribution in [1.82, 2.24) is 10.6 Å². The minimum Gasteiger partial charge on any atom is -0.338 e. The van der Waals surface area contributed by atoms with Crippen LogP contribution >= 0.6 is 0 Å². The smallest absolute Gasteiger partial charge is 0.319 e. The van der Waals surface area contributed by atoms with E-state index in [0.29, 0.717) is 24.4 Å². The predicted molar refractivity (Wildman–Crippen MR) is 89.6 cm³/mol. The summed E-state index contributed by atoms with van der Waals surface area (Å²) in [6.45, 7) is 12.3. The summed E-state index contributed by atoms with van der Waals surface area (Å²) < 4.78 is 0. The van der Waals surface area contributed by atoms with E-state index < -0.39 is 0 Å². The van der Waals surface area contributed by atoms with Crippen LogP contribution in [0.1, 0.15) is 46.2 Å². The first kappa shape index (κ1) is 17.5. The Labute approximate surface area is 128 Å². The third-order valence-corrected chi connectivity index (χ3v) is 3.90. The Hall–Kier alpha value is -1.55. The molecule has 0 aromatic heterocycles. The first-order valence-electron chi connectivity index (χ1n) is 7.82. The van der Waals surface area contributed by atoms with Crippen LogP contribution in [0.4, 0.5) is 10.5 Å². The van der Waals surface area contributed by atoms with Gasteiger partial charge in [0.15, 0.2) is 0 Å². The molecule has 118 valence electrons. The number of carbonyl (C=O) groups is 1. The van der Waals surface area contributed by atoms with Crippen LogP contribution in [0.15, 0.2) is 24.3 Å². The van der Waals surface area contributed by atoms with Crippen LogP contribution in [0, 0.1) is 11.8 Å². The molecule has 3 N–H and O–H groups in total. The van der Waals surface area contributed by atoms with E-state index in [4.69, 9.17) is 0 Å². The molecule has 21 heavy (non-hydrogen) atoms. The number of rotatable bonds is 7. The molecule has 0 saturated carbocycles. The summed E-state index contributed by atoms with van der Waals surface area (Å²) in [7, 11) is 0. The molecule has 1 aromatic rings. The molecule has 0 aliphatic carbocycles. The highest BCUT2D eigenvalue weighted by Gasteiger charge is 2.09. The largest absolute Gasteiger partial charge is 0.338 e. The maximum Gasteiger partial charge on any atom is 0.319 e. The Morgan fingerprint density at radius 2 is 1.71 bits per heavy atom. The van der Waals surface area contributed by atoms with E-state index in [2.05, 4.69) is 50.6 Å². The van der Waals surface area contributed by atoms with Gasteiger partial charge in [0.2, 0.25) is 0 Å². The molecule has 2 atom stereocenters. The molecule has 2 unspecified atom stereocenters. The fourth-order valence-corrected chi connectivity index (χ4v) is 1.94. The van der Waals surface area contributed by atoms with Crippen molar-refractivity contribution in [2.45, 2.75) is 40.7 Å². The number of carbonyl (C=O) groups excluding carboxylic acids is 1. The Balaban J connectivity index is 2.46. The highest BCUT2D eigenvalue weighted by Crippen LogP contribution is 2.16. The zero-order valence-corrected chi connectivity index (χ0v) is 13.9. The van der Waals surface area contributed by atoms with Gasteiger partial charge in [0, 0.05) is 18.3 Å². The molecule has 0 fully saturated rings. The summed E-state index contributed by atoms with van der Waals surface area (Å²) >= 11 is 0. The lowest BCUT2D eigenvalue weighted by Crippen LogP contribution is -2.33. The lowest BCUT2D eigenvalue weighted by Gasteiger charge is -2.17. The molecule has 4 nitrogen and oxygen atoms in total. The average molecular weight is 291 g/mol. The first-order valence-corrected chi connectivity index (χ1v) is 7.82. The average Bonchev–Trinajstić information content (AvgIpc) is 2.45. The van der Waals surface area contributed by atoms with Crippen molar-refractivity contribution in [3.63, 3.8) is 0 Å². The summed E-state index contributed by atoms with van der Waals surface area (Å²) in [6.07, 6.45) is 0. The van der Waals surface area contributed by atoms with Gasteiger partial charge in [-0.05, 0) is 43.0 Å². The first-order chi connectivity index (χ1) is 9.93. The molecule has 0 aliphatic heterocycles. The van der Waals surface area contributed by atoms with Gasteiger partial charge in [-0.15, -0.1) is 0 Å². The van der Waals surface area contributed by atoms with E-state index in [1.165, 1.54) is 5.56 Å².